The zero-order valence-corrected chi connectivity index (χ0v) is 32.9. The van der Waals surface area contributed by atoms with Crippen LogP contribution in [-0.2, 0) is 10.8 Å². The van der Waals surface area contributed by atoms with Crippen LogP contribution in [0.1, 0.15) is 58.7 Å². The van der Waals surface area contributed by atoms with Gasteiger partial charge < -0.3 is 9.64 Å². The van der Waals surface area contributed by atoms with Gasteiger partial charge >= 0.3 is 0 Å². The van der Waals surface area contributed by atoms with Crippen molar-refractivity contribution in [3.8, 4) is 33.8 Å². The van der Waals surface area contributed by atoms with E-state index < -0.39 is 5.41 Å². The summed E-state index contributed by atoms with van der Waals surface area (Å²) < 4.78 is 6.82. The van der Waals surface area contributed by atoms with Crippen molar-refractivity contribution in [3.05, 3.63) is 251 Å². The zero-order valence-electron chi connectivity index (χ0n) is 32.9. The van der Waals surface area contributed by atoms with E-state index in [9.17, 15) is 0 Å². The molecular formula is C57H41NO. The van der Waals surface area contributed by atoms with Gasteiger partial charge in [-0.1, -0.05) is 158 Å². The first-order chi connectivity index (χ1) is 29.2. The lowest BCUT2D eigenvalue weighted by molar-refractivity contribution is 0.432. The van der Waals surface area contributed by atoms with E-state index in [1.807, 2.05) is 0 Å². The maximum absolute atomic E-state index is 6.82. The van der Waals surface area contributed by atoms with E-state index in [0.29, 0.717) is 0 Å². The first kappa shape index (κ1) is 33.9. The zero-order chi connectivity index (χ0) is 39.1. The second-order valence-electron chi connectivity index (χ2n) is 16.4. The number of nitrogens with zero attached hydrogens (tertiary/aromatic N) is 1. The number of allylic oxidation sites excluding steroid dienone is 4. The van der Waals surface area contributed by atoms with Crippen molar-refractivity contribution in [1.29, 1.82) is 0 Å². The number of fused-ring (bicyclic) bond motifs is 11. The van der Waals surface area contributed by atoms with E-state index in [-0.39, 0.29) is 5.41 Å². The van der Waals surface area contributed by atoms with Crippen molar-refractivity contribution >= 4 is 22.6 Å². The Morgan fingerprint density at radius 1 is 0.441 bits per heavy atom. The topological polar surface area (TPSA) is 12.5 Å². The smallest absolute Gasteiger partial charge is 0.132 e. The van der Waals surface area contributed by atoms with Crippen LogP contribution in [0, 0.1) is 0 Å². The lowest BCUT2D eigenvalue weighted by atomic mass is 9.64. The van der Waals surface area contributed by atoms with Gasteiger partial charge in [-0.15, -0.1) is 0 Å². The minimum absolute atomic E-state index is 0.291. The molecule has 4 aliphatic rings. The molecule has 0 amide bonds. The standard InChI is InChI=1S/C57H41NO/c1-56(48-25-11-6-20-43(48)44-21-7-12-26-49(44)56)47-24-10-5-19-42(47)38-31-33-40(34-32-38)58(39-17-3-2-4-18-39)41-35-36-55-53(37-41)57(52-29-15-16-30-54(52)59-55)50-27-13-8-22-45(50)46-23-9-14-28-51(46)57/h2-13,15-27,29-37H,14,28H2,1H3. The van der Waals surface area contributed by atoms with Crippen LogP contribution in [0.3, 0.4) is 0 Å². The number of benzene rings is 8. The highest BCUT2D eigenvalue weighted by Gasteiger charge is 2.52. The van der Waals surface area contributed by atoms with Crippen molar-refractivity contribution in [2.75, 3.05) is 4.90 Å². The molecule has 1 heterocycles. The molecule has 1 unspecified atom stereocenters. The van der Waals surface area contributed by atoms with E-state index in [4.69, 9.17) is 4.74 Å². The minimum Gasteiger partial charge on any atom is -0.457 e. The summed E-state index contributed by atoms with van der Waals surface area (Å²) >= 11 is 0. The summed E-state index contributed by atoms with van der Waals surface area (Å²) in [4.78, 5) is 2.39. The van der Waals surface area contributed by atoms with Crippen LogP contribution in [0.25, 0.3) is 27.8 Å². The molecule has 0 saturated heterocycles. The van der Waals surface area contributed by atoms with Crippen molar-refractivity contribution < 1.29 is 4.74 Å². The Bertz CT molecular complexity index is 3000. The maximum atomic E-state index is 6.82. The molecule has 280 valence electrons. The fraction of sp³-hybridized carbons (Fsp3) is 0.0877. The monoisotopic (exact) mass is 755 g/mol. The summed E-state index contributed by atoms with van der Waals surface area (Å²) in [6, 6.07) is 71.3. The van der Waals surface area contributed by atoms with Crippen molar-refractivity contribution in [2.24, 2.45) is 0 Å². The Kier molecular flexibility index (Phi) is 7.43. The molecule has 8 aromatic carbocycles. The average molecular weight is 756 g/mol. The van der Waals surface area contributed by atoms with Gasteiger partial charge in [0.25, 0.3) is 0 Å². The molecule has 8 aromatic rings. The first-order valence-corrected chi connectivity index (χ1v) is 20.8. The molecule has 0 fully saturated rings. The highest BCUT2D eigenvalue weighted by atomic mass is 16.5. The van der Waals surface area contributed by atoms with E-state index in [1.165, 1.54) is 72.3 Å². The van der Waals surface area contributed by atoms with Gasteiger partial charge in [0, 0.05) is 33.6 Å². The fourth-order valence-corrected chi connectivity index (χ4v) is 11.0. The molecule has 0 saturated carbocycles. The summed E-state index contributed by atoms with van der Waals surface area (Å²) in [5, 5.41) is 0. The van der Waals surface area contributed by atoms with Crippen molar-refractivity contribution in [2.45, 2.75) is 30.6 Å². The third kappa shape index (κ3) is 4.75. The molecule has 1 spiro atoms. The highest BCUT2D eigenvalue weighted by molar-refractivity contribution is 5.93. The van der Waals surface area contributed by atoms with Crippen LogP contribution in [0.2, 0.25) is 0 Å². The van der Waals surface area contributed by atoms with Gasteiger partial charge in [0.15, 0.2) is 0 Å². The summed E-state index contributed by atoms with van der Waals surface area (Å²) in [6.45, 7) is 2.40. The van der Waals surface area contributed by atoms with Crippen molar-refractivity contribution in [3.63, 3.8) is 0 Å². The second kappa shape index (κ2) is 12.9. The van der Waals surface area contributed by atoms with Crippen LogP contribution < -0.4 is 9.64 Å². The van der Waals surface area contributed by atoms with E-state index in [2.05, 4.69) is 218 Å². The Labute approximate surface area is 346 Å². The molecule has 59 heavy (non-hydrogen) atoms. The van der Waals surface area contributed by atoms with Gasteiger partial charge in [0.05, 0.1) is 5.41 Å². The summed E-state index contributed by atoms with van der Waals surface area (Å²) in [5.41, 5.74) is 19.5. The molecule has 1 atom stereocenters. The largest absolute Gasteiger partial charge is 0.457 e. The van der Waals surface area contributed by atoms with Gasteiger partial charge in [-0.25, -0.2) is 0 Å². The van der Waals surface area contributed by atoms with Crippen molar-refractivity contribution in [1.82, 2.24) is 0 Å². The minimum atomic E-state index is -0.458. The Morgan fingerprint density at radius 2 is 0.966 bits per heavy atom. The molecule has 0 aromatic heterocycles. The average Bonchev–Trinajstić information content (AvgIpc) is 3.75. The predicted molar refractivity (Wildman–Crippen MR) is 242 cm³/mol. The highest BCUT2D eigenvalue weighted by Crippen LogP contribution is 2.63. The Hall–Kier alpha value is -7.16. The quantitative estimate of drug-likeness (QED) is 0.173. The molecule has 0 N–H and O–H groups in total. The van der Waals surface area contributed by atoms with E-state index in [1.54, 1.807) is 0 Å². The molecule has 3 aliphatic carbocycles. The van der Waals surface area contributed by atoms with Crippen LogP contribution in [-0.4, -0.2) is 0 Å². The molecule has 2 heteroatoms. The summed E-state index contributed by atoms with van der Waals surface area (Å²) in [6.07, 6.45) is 6.72. The molecule has 0 radical (unpaired) electrons. The van der Waals surface area contributed by atoms with Crippen LogP contribution in [0.5, 0.6) is 11.5 Å². The number of rotatable bonds is 5. The van der Waals surface area contributed by atoms with Crippen LogP contribution in [0.4, 0.5) is 17.1 Å². The number of para-hydroxylation sites is 2. The molecule has 12 rings (SSSR count). The molecule has 1 aliphatic heterocycles. The van der Waals surface area contributed by atoms with Crippen LogP contribution in [0.15, 0.2) is 212 Å². The normalized spacial score (nSPS) is 17.3. The third-order valence-electron chi connectivity index (χ3n) is 13.5. The summed E-state index contributed by atoms with van der Waals surface area (Å²) in [5.74, 6) is 1.84. The maximum Gasteiger partial charge on any atom is 0.132 e. The van der Waals surface area contributed by atoms with Gasteiger partial charge in [-0.3, -0.25) is 0 Å². The molecule has 0 bridgehead atoms. The Morgan fingerprint density at radius 3 is 1.68 bits per heavy atom. The molecule has 2 nitrogen and oxygen atoms in total. The van der Waals surface area contributed by atoms with Gasteiger partial charge in [-0.2, -0.15) is 0 Å². The van der Waals surface area contributed by atoms with E-state index in [0.717, 1.165) is 41.4 Å². The first-order valence-electron chi connectivity index (χ1n) is 20.8. The number of hydrogen-bond donors (Lipinski definition) is 0. The lowest BCUT2D eigenvalue weighted by Crippen LogP contribution is -2.33. The third-order valence-corrected chi connectivity index (χ3v) is 13.5. The lowest BCUT2D eigenvalue weighted by Gasteiger charge is -2.41. The van der Waals surface area contributed by atoms with Crippen LogP contribution >= 0.6 is 0 Å². The number of ether oxygens (including phenoxy) is 1. The second-order valence-corrected chi connectivity index (χ2v) is 16.4. The Balaban J connectivity index is 1.01. The van der Waals surface area contributed by atoms with Gasteiger partial charge in [0.2, 0.25) is 0 Å². The number of anilines is 3. The van der Waals surface area contributed by atoms with E-state index >= 15 is 0 Å². The number of hydrogen-bond acceptors (Lipinski definition) is 2. The fourth-order valence-electron chi connectivity index (χ4n) is 11.0. The van der Waals surface area contributed by atoms with Gasteiger partial charge in [0.1, 0.15) is 11.5 Å². The molecular weight excluding hydrogens is 715 g/mol. The SMILES string of the molecule is CC1(c2ccccc2-c2ccc(N(c3ccccc3)c3ccc4c(c3)C3(C5=C(C=CCC5)c5ccccc53)c3ccccc3O4)cc2)c2ccccc2-c2ccccc21. The van der Waals surface area contributed by atoms with Gasteiger partial charge in [-0.05, 0) is 130 Å². The predicted octanol–water partition coefficient (Wildman–Crippen LogP) is 14.7. The summed E-state index contributed by atoms with van der Waals surface area (Å²) in [7, 11) is 0.